The van der Waals surface area contributed by atoms with Crippen molar-refractivity contribution in [3.05, 3.63) is 11.6 Å². The Balaban J connectivity index is 1.65. The fourth-order valence-electron chi connectivity index (χ4n) is 3.42. The van der Waals surface area contributed by atoms with E-state index in [1.807, 2.05) is 0 Å². The van der Waals surface area contributed by atoms with Crippen molar-refractivity contribution >= 4 is 0 Å². The minimum absolute atomic E-state index is 0.435. The average molecular weight is 248 g/mol. The number of nitrogens with one attached hydrogen (secondary N) is 1. The minimum Gasteiger partial charge on any atom is -0.314 e. The molecule has 0 amide bonds. The first kappa shape index (κ1) is 12.2. The van der Waals surface area contributed by atoms with Gasteiger partial charge in [0.25, 0.3) is 0 Å². The Labute approximate surface area is 109 Å². The maximum atomic E-state index is 4.36. The molecule has 1 atom stereocenters. The SMILES string of the molecule is CC1(C)CCCC1NCc1nnc2n1CCCC2. The molecule has 0 radical (unpaired) electrons. The van der Waals surface area contributed by atoms with Gasteiger partial charge in [-0.1, -0.05) is 20.3 Å². The highest BCUT2D eigenvalue weighted by Gasteiger charge is 2.34. The summed E-state index contributed by atoms with van der Waals surface area (Å²) >= 11 is 0. The molecule has 1 fully saturated rings. The maximum absolute atomic E-state index is 4.36. The molecule has 4 heteroatoms. The lowest BCUT2D eigenvalue weighted by Gasteiger charge is -2.28. The van der Waals surface area contributed by atoms with Crippen LogP contribution in [0.3, 0.4) is 0 Å². The molecule has 100 valence electrons. The van der Waals surface area contributed by atoms with Crippen molar-refractivity contribution in [1.82, 2.24) is 20.1 Å². The summed E-state index contributed by atoms with van der Waals surface area (Å²) in [5, 5.41) is 12.4. The first-order chi connectivity index (χ1) is 8.67. The standard InChI is InChI=1S/C14H24N4/c1-14(2)8-5-6-11(14)15-10-13-17-16-12-7-3-4-9-18(12)13/h11,15H,3-10H2,1-2H3. The zero-order valence-electron chi connectivity index (χ0n) is 11.6. The summed E-state index contributed by atoms with van der Waals surface area (Å²) in [6.45, 7) is 6.72. The van der Waals surface area contributed by atoms with E-state index in [1.165, 1.54) is 37.9 Å². The molecule has 0 bridgehead atoms. The highest BCUT2D eigenvalue weighted by atomic mass is 15.3. The van der Waals surface area contributed by atoms with Gasteiger partial charge in [-0.15, -0.1) is 10.2 Å². The van der Waals surface area contributed by atoms with Gasteiger partial charge in [-0.3, -0.25) is 0 Å². The zero-order chi connectivity index (χ0) is 12.6. The predicted molar refractivity (Wildman–Crippen MR) is 71.2 cm³/mol. The molecule has 0 saturated heterocycles. The van der Waals surface area contributed by atoms with Gasteiger partial charge in [0.05, 0.1) is 6.54 Å². The van der Waals surface area contributed by atoms with Crippen LogP contribution in [0.15, 0.2) is 0 Å². The van der Waals surface area contributed by atoms with Gasteiger partial charge in [0.15, 0.2) is 0 Å². The van der Waals surface area contributed by atoms with Gasteiger partial charge in [0, 0.05) is 19.0 Å². The summed E-state index contributed by atoms with van der Waals surface area (Å²) in [5.41, 5.74) is 0.435. The average Bonchev–Trinajstić information content (AvgIpc) is 2.90. The summed E-state index contributed by atoms with van der Waals surface area (Å²) in [6.07, 6.45) is 7.62. The molecule has 1 saturated carbocycles. The van der Waals surface area contributed by atoms with Crippen LogP contribution in [0, 0.1) is 5.41 Å². The van der Waals surface area contributed by atoms with Crippen molar-refractivity contribution in [3.8, 4) is 0 Å². The lowest BCUT2D eigenvalue weighted by molar-refractivity contribution is 0.279. The van der Waals surface area contributed by atoms with Gasteiger partial charge >= 0.3 is 0 Å². The number of hydrogen-bond acceptors (Lipinski definition) is 3. The second-order valence-electron chi connectivity index (χ2n) is 6.46. The first-order valence-corrected chi connectivity index (χ1v) is 7.31. The minimum atomic E-state index is 0.435. The normalized spacial score (nSPS) is 26.2. The summed E-state index contributed by atoms with van der Waals surface area (Å²) < 4.78 is 2.32. The van der Waals surface area contributed by atoms with Crippen LogP contribution in [0.5, 0.6) is 0 Å². The van der Waals surface area contributed by atoms with E-state index in [1.54, 1.807) is 0 Å². The molecule has 1 N–H and O–H groups in total. The van der Waals surface area contributed by atoms with Crippen LogP contribution in [0.2, 0.25) is 0 Å². The molecule has 1 aliphatic heterocycles. The molecule has 2 aliphatic rings. The molecular formula is C14H24N4. The van der Waals surface area contributed by atoms with Crippen LogP contribution >= 0.6 is 0 Å². The highest BCUT2D eigenvalue weighted by Crippen LogP contribution is 2.37. The van der Waals surface area contributed by atoms with Crippen LogP contribution in [0.1, 0.15) is 57.6 Å². The summed E-state index contributed by atoms with van der Waals surface area (Å²) in [7, 11) is 0. The molecular weight excluding hydrogens is 224 g/mol. The van der Waals surface area contributed by atoms with Crippen molar-refractivity contribution in [2.75, 3.05) is 0 Å². The van der Waals surface area contributed by atoms with Crippen LogP contribution in [-0.2, 0) is 19.5 Å². The van der Waals surface area contributed by atoms with Gasteiger partial charge in [-0.25, -0.2) is 0 Å². The fraction of sp³-hybridized carbons (Fsp3) is 0.857. The van der Waals surface area contributed by atoms with Gasteiger partial charge in [0.1, 0.15) is 11.6 Å². The van der Waals surface area contributed by atoms with Crippen LogP contribution in [0.25, 0.3) is 0 Å². The molecule has 1 aliphatic carbocycles. The molecule has 2 heterocycles. The van der Waals surface area contributed by atoms with E-state index in [9.17, 15) is 0 Å². The molecule has 18 heavy (non-hydrogen) atoms. The molecule has 1 aromatic heterocycles. The largest absolute Gasteiger partial charge is 0.314 e. The lowest BCUT2D eigenvalue weighted by atomic mass is 9.87. The lowest BCUT2D eigenvalue weighted by Crippen LogP contribution is -2.38. The molecule has 1 aromatic rings. The third-order valence-electron chi connectivity index (χ3n) is 4.70. The van der Waals surface area contributed by atoms with Crippen molar-refractivity contribution in [2.45, 2.75) is 71.5 Å². The smallest absolute Gasteiger partial charge is 0.147 e. The number of aromatic nitrogens is 3. The van der Waals surface area contributed by atoms with Crippen molar-refractivity contribution < 1.29 is 0 Å². The van der Waals surface area contributed by atoms with Crippen molar-refractivity contribution in [3.63, 3.8) is 0 Å². The zero-order valence-corrected chi connectivity index (χ0v) is 11.6. The third-order valence-corrected chi connectivity index (χ3v) is 4.70. The molecule has 1 unspecified atom stereocenters. The third kappa shape index (κ3) is 2.18. The fourth-order valence-corrected chi connectivity index (χ4v) is 3.42. The van der Waals surface area contributed by atoms with E-state index < -0.39 is 0 Å². The van der Waals surface area contributed by atoms with Crippen LogP contribution in [0.4, 0.5) is 0 Å². The van der Waals surface area contributed by atoms with Gasteiger partial charge in [-0.2, -0.15) is 0 Å². The Morgan fingerprint density at radius 2 is 2.17 bits per heavy atom. The van der Waals surface area contributed by atoms with E-state index >= 15 is 0 Å². The van der Waals surface area contributed by atoms with E-state index in [4.69, 9.17) is 0 Å². The quantitative estimate of drug-likeness (QED) is 0.892. The van der Waals surface area contributed by atoms with Gasteiger partial charge < -0.3 is 9.88 Å². The number of fused-ring (bicyclic) bond motifs is 1. The molecule has 4 nitrogen and oxygen atoms in total. The summed E-state index contributed by atoms with van der Waals surface area (Å²) in [4.78, 5) is 0. The number of nitrogens with zero attached hydrogens (tertiary/aromatic N) is 3. The maximum Gasteiger partial charge on any atom is 0.147 e. The number of aryl methyl sites for hydroxylation is 1. The topological polar surface area (TPSA) is 42.7 Å². The predicted octanol–water partition coefficient (Wildman–Crippen LogP) is 2.28. The van der Waals surface area contributed by atoms with Crippen molar-refractivity contribution in [1.29, 1.82) is 0 Å². The summed E-state index contributed by atoms with van der Waals surface area (Å²) in [6, 6.07) is 0.633. The summed E-state index contributed by atoms with van der Waals surface area (Å²) in [5.74, 6) is 2.32. The second-order valence-corrected chi connectivity index (χ2v) is 6.46. The monoisotopic (exact) mass is 248 g/mol. The second kappa shape index (κ2) is 4.65. The van der Waals surface area contributed by atoms with E-state index in [0.717, 1.165) is 25.3 Å². The van der Waals surface area contributed by atoms with Gasteiger partial charge in [0.2, 0.25) is 0 Å². The Kier molecular flexibility index (Phi) is 3.14. The Morgan fingerprint density at radius 1 is 1.28 bits per heavy atom. The molecule has 3 rings (SSSR count). The Bertz CT molecular complexity index is 421. The molecule has 0 spiro atoms. The Hall–Kier alpha value is -0.900. The van der Waals surface area contributed by atoms with Crippen molar-refractivity contribution in [2.24, 2.45) is 5.41 Å². The highest BCUT2D eigenvalue weighted by molar-refractivity contribution is 5.00. The Morgan fingerprint density at radius 3 is 2.94 bits per heavy atom. The van der Waals surface area contributed by atoms with E-state index in [2.05, 4.69) is 33.9 Å². The van der Waals surface area contributed by atoms with Crippen LogP contribution in [-0.4, -0.2) is 20.8 Å². The van der Waals surface area contributed by atoms with Gasteiger partial charge in [-0.05, 0) is 31.1 Å². The van der Waals surface area contributed by atoms with Crippen LogP contribution < -0.4 is 5.32 Å². The molecule has 0 aromatic carbocycles. The first-order valence-electron chi connectivity index (χ1n) is 7.31. The number of rotatable bonds is 3. The number of hydrogen-bond donors (Lipinski definition) is 1. The van der Waals surface area contributed by atoms with E-state index in [0.29, 0.717) is 11.5 Å². The van der Waals surface area contributed by atoms with E-state index in [-0.39, 0.29) is 0 Å².